The molecular formula is C28H42N4O2. The van der Waals surface area contributed by atoms with Crippen molar-refractivity contribution < 1.29 is 9.53 Å². The molecule has 2 fully saturated rings. The monoisotopic (exact) mass is 466 g/mol. The van der Waals surface area contributed by atoms with Gasteiger partial charge in [-0.05, 0) is 69.9 Å². The van der Waals surface area contributed by atoms with Crippen molar-refractivity contribution in [3.8, 4) is 5.75 Å². The van der Waals surface area contributed by atoms with E-state index in [4.69, 9.17) is 4.74 Å². The first-order chi connectivity index (χ1) is 16.4. The number of fused-ring (bicyclic) bond motifs is 1. The van der Waals surface area contributed by atoms with Gasteiger partial charge < -0.3 is 15.0 Å². The summed E-state index contributed by atoms with van der Waals surface area (Å²) in [4.78, 5) is 20.2. The summed E-state index contributed by atoms with van der Waals surface area (Å²) in [5, 5.41) is 8.54. The number of benzene rings is 1. The smallest absolute Gasteiger partial charge is 0.241 e. The van der Waals surface area contributed by atoms with Crippen molar-refractivity contribution in [3.05, 3.63) is 30.5 Å². The van der Waals surface area contributed by atoms with E-state index < -0.39 is 0 Å². The van der Waals surface area contributed by atoms with Crippen LogP contribution in [0.25, 0.3) is 10.9 Å². The van der Waals surface area contributed by atoms with E-state index in [1.165, 1.54) is 25.7 Å². The Morgan fingerprint density at radius 3 is 2.68 bits per heavy atom. The van der Waals surface area contributed by atoms with Crippen molar-refractivity contribution >= 4 is 22.5 Å². The summed E-state index contributed by atoms with van der Waals surface area (Å²) in [6.45, 7) is 7.45. The van der Waals surface area contributed by atoms with Gasteiger partial charge in [-0.3, -0.25) is 15.1 Å². The molecule has 2 N–H and O–H groups in total. The van der Waals surface area contributed by atoms with Crippen LogP contribution in [-0.4, -0.2) is 47.2 Å². The van der Waals surface area contributed by atoms with Crippen LogP contribution in [0, 0.1) is 5.92 Å². The summed E-state index contributed by atoms with van der Waals surface area (Å²) < 4.78 is 5.50. The maximum Gasteiger partial charge on any atom is 0.241 e. The number of pyridine rings is 1. The summed E-state index contributed by atoms with van der Waals surface area (Å²) >= 11 is 0. The molecule has 1 unspecified atom stereocenters. The fourth-order valence-corrected chi connectivity index (χ4v) is 5.83. The zero-order valence-corrected chi connectivity index (χ0v) is 21.4. The molecule has 1 saturated heterocycles. The van der Waals surface area contributed by atoms with E-state index in [0.717, 1.165) is 61.0 Å². The molecule has 1 spiro atoms. The number of nitrogens with one attached hydrogen (secondary N) is 2. The zero-order chi connectivity index (χ0) is 24.1. The SMILES string of the molecule is COc1cc(NC(C)CCCN2C(=O)[C@H](CC(C)C)NC23CCCCCC3)c2ncccc2c1. The number of hydrogen-bond donors (Lipinski definition) is 2. The van der Waals surface area contributed by atoms with E-state index in [-0.39, 0.29) is 17.7 Å². The lowest BCUT2D eigenvalue weighted by molar-refractivity contribution is -0.133. The van der Waals surface area contributed by atoms with Gasteiger partial charge in [0.25, 0.3) is 0 Å². The van der Waals surface area contributed by atoms with Crippen molar-refractivity contribution in [2.24, 2.45) is 5.92 Å². The lowest BCUT2D eigenvalue weighted by atomic mass is 9.98. The van der Waals surface area contributed by atoms with E-state index in [9.17, 15) is 4.79 Å². The Balaban J connectivity index is 1.41. The Kier molecular flexibility index (Phi) is 7.97. The molecule has 0 radical (unpaired) electrons. The Morgan fingerprint density at radius 1 is 1.21 bits per heavy atom. The Labute approximate surface area is 204 Å². The fourth-order valence-electron chi connectivity index (χ4n) is 5.83. The third-order valence-corrected chi connectivity index (χ3v) is 7.50. The number of carbonyl (C=O) groups excluding carboxylic acids is 1. The standard InChI is InChI=1S/C28H42N4O2/c1-20(2)17-25-27(33)32(28(31-25)13-7-5-6-8-14-28)16-10-11-21(3)30-24-19-23(34-4)18-22-12-9-15-29-26(22)24/h9,12,15,18-21,25,30-31H,5-8,10-11,13-14,16-17H2,1-4H3/t21?,25-/m0/s1. The molecule has 186 valence electrons. The number of ether oxygens (including phenoxy) is 1. The van der Waals surface area contributed by atoms with Gasteiger partial charge in [0.1, 0.15) is 5.75 Å². The minimum atomic E-state index is -0.128. The van der Waals surface area contributed by atoms with Gasteiger partial charge in [0.2, 0.25) is 5.91 Å². The molecule has 1 aliphatic heterocycles. The summed E-state index contributed by atoms with van der Waals surface area (Å²) in [6, 6.07) is 8.29. The van der Waals surface area contributed by atoms with Crippen molar-refractivity contribution in [1.82, 2.24) is 15.2 Å². The van der Waals surface area contributed by atoms with Gasteiger partial charge in [-0.25, -0.2) is 0 Å². The van der Waals surface area contributed by atoms with Crippen LogP contribution in [0.4, 0.5) is 5.69 Å². The summed E-state index contributed by atoms with van der Waals surface area (Å²) in [7, 11) is 1.70. The average molecular weight is 467 g/mol. The maximum atomic E-state index is 13.4. The molecule has 6 heteroatoms. The predicted molar refractivity (Wildman–Crippen MR) is 139 cm³/mol. The Morgan fingerprint density at radius 2 is 1.97 bits per heavy atom. The number of aromatic nitrogens is 1. The summed E-state index contributed by atoms with van der Waals surface area (Å²) in [5.41, 5.74) is 1.83. The highest BCUT2D eigenvalue weighted by atomic mass is 16.5. The number of rotatable bonds is 9. The third-order valence-electron chi connectivity index (χ3n) is 7.50. The highest BCUT2D eigenvalue weighted by molar-refractivity contribution is 5.92. The number of nitrogens with zero attached hydrogens (tertiary/aromatic N) is 2. The molecule has 1 aromatic heterocycles. The van der Waals surface area contributed by atoms with E-state index in [2.05, 4.69) is 47.4 Å². The molecule has 1 saturated carbocycles. The molecular weight excluding hydrogens is 424 g/mol. The van der Waals surface area contributed by atoms with Crippen LogP contribution in [0.5, 0.6) is 5.75 Å². The van der Waals surface area contributed by atoms with Crippen molar-refractivity contribution in [2.45, 2.75) is 96.3 Å². The molecule has 0 bridgehead atoms. The third kappa shape index (κ3) is 5.48. The lowest BCUT2D eigenvalue weighted by Gasteiger charge is -2.38. The molecule has 1 aromatic carbocycles. The maximum absolute atomic E-state index is 13.4. The highest BCUT2D eigenvalue weighted by Crippen LogP contribution is 2.37. The number of anilines is 1. The minimum Gasteiger partial charge on any atom is -0.497 e. The van der Waals surface area contributed by atoms with Crippen LogP contribution < -0.4 is 15.4 Å². The van der Waals surface area contributed by atoms with Crippen LogP contribution >= 0.6 is 0 Å². The molecule has 4 rings (SSSR count). The van der Waals surface area contributed by atoms with Crippen LogP contribution in [0.15, 0.2) is 30.5 Å². The first kappa shape index (κ1) is 24.8. The van der Waals surface area contributed by atoms with Crippen molar-refractivity contribution in [2.75, 3.05) is 19.0 Å². The van der Waals surface area contributed by atoms with Gasteiger partial charge in [0, 0.05) is 30.2 Å². The van der Waals surface area contributed by atoms with E-state index in [1.807, 2.05) is 24.4 Å². The van der Waals surface area contributed by atoms with Gasteiger partial charge in [0.15, 0.2) is 0 Å². The number of hydrogen-bond acceptors (Lipinski definition) is 5. The normalized spacial score (nSPS) is 21.3. The second-order valence-electron chi connectivity index (χ2n) is 10.7. The number of amides is 1. The number of carbonyl (C=O) groups is 1. The van der Waals surface area contributed by atoms with E-state index >= 15 is 0 Å². The van der Waals surface area contributed by atoms with Gasteiger partial charge in [-0.15, -0.1) is 0 Å². The summed E-state index contributed by atoms with van der Waals surface area (Å²) in [5.74, 6) is 1.66. The van der Waals surface area contributed by atoms with Crippen LogP contribution in [0.3, 0.4) is 0 Å². The second-order valence-corrected chi connectivity index (χ2v) is 10.7. The van der Waals surface area contributed by atoms with Crippen molar-refractivity contribution in [3.63, 3.8) is 0 Å². The first-order valence-corrected chi connectivity index (χ1v) is 13.2. The molecule has 2 heterocycles. The topological polar surface area (TPSA) is 66.5 Å². The zero-order valence-electron chi connectivity index (χ0n) is 21.4. The molecule has 2 atom stereocenters. The molecule has 2 aromatic rings. The predicted octanol–water partition coefficient (Wildman–Crippen LogP) is 5.72. The van der Waals surface area contributed by atoms with E-state index in [0.29, 0.717) is 11.8 Å². The molecule has 1 amide bonds. The van der Waals surface area contributed by atoms with Crippen LogP contribution in [-0.2, 0) is 4.79 Å². The summed E-state index contributed by atoms with van der Waals surface area (Å²) in [6.07, 6.45) is 11.9. The number of methoxy groups -OCH3 is 1. The molecule has 6 nitrogen and oxygen atoms in total. The van der Waals surface area contributed by atoms with Crippen molar-refractivity contribution in [1.29, 1.82) is 0 Å². The van der Waals surface area contributed by atoms with Gasteiger partial charge in [-0.2, -0.15) is 0 Å². The van der Waals surface area contributed by atoms with E-state index in [1.54, 1.807) is 7.11 Å². The van der Waals surface area contributed by atoms with Crippen LogP contribution in [0.2, 0.25) is 0 Å². The van der Waals surface area contributed by atoms with Gasteiger partial charge in [0.05, 0.1) is 30.0 Å². The first-order valence-electron chi connectivity index (χ1n) is 13.2. The quantitative estimate of drug-likeness (QED) is 0.495. The molecule has 34 heavy (non-hydrogen) atoms. The Hall–Kier alpha value is -2.34. The largest absolute Gasteiger partial charge is 0.497 e. The van der Waals surface area contributed by atoms with Gasteiger partial charge in [-0.1, -0.05) is 32.8 Å². The molecule has 1 aliphatic carbocycles. The lowest BCUT2D eigenvalue weighted by Crippen LogP contribution is -2.52. The minimum absolute atomic E-state index is 0.0251. The van der Waals surface area contributed by atoms with Crippen LogP contribution in [0.1, 0.15) is 78.6 Å². The molecule has 2 aliphatic rings. The highest BCUT2D eigenvalue weighted by Gasteiger charge is 2.49. The second kappa shape index (κ2) is 10.9. The Bertz CT molecular complexity index is 968. The fraction of sp³-hybridized carbons (Fsp3) is 0.643. The average Bonchev–Trinajstić information content (AvgIpc) is 2.96. The van der Waals surface area contributed by atoms with Gasteiger partial charge >= 0.3 is 0 Å².